The minimum atomic E-state index is -0.0762. The molecule has 1 N–H and O–H groups in total. The van der Waals surface area contributed by atoms with Gasteiger partial charge in [0, 0.05) is 61.5 Å². The molecule has 0 saturated carbocycles. The molecule has 2 saturated heterocycles. The first-order valence-corrected chi connectivity index (χ1v) is 12.1. The van der Waals surface area contributed by atoms with E-state index in [2.05, 4.69) is 15.5 Å². The van der Waals surface area contributed by atoms with Gasteiger partial charge in [-0.25, -0.2) is 0 Å². The summed E-state index contributed by atoms with van der Waals surface area (Å²) in [5.41, 5.74) is 1.35. The van der Waals surface area contributed by atoms with Gasteiger partial charge in [-0.3, -0.25) is 9.59 Å². The summed E-state index contributed by atoms with van der Waals surface area (Å²) in [4.78, 5) is 29.1. The molecule has 0 radical (unpaired) electrons. The molecule has 0 aliphatic carbocycles. The van der Waals surface area contributed by atoms with Gasteiger partial charge in [-0.05, 0) is 54.6 Å². The largest absolute Gasteiger partial charge is 0.490 e. The summed E-state index contributed by atoms with van der Waals surface area (Å²) in [7, 11) is 0. The predicted octanol–water partition coefficient (Wildman–Crippen LogP) is 3.89. The second-order valence-corrected chi connectivity index (χ2v) is 9.25. The number of hydrogen-bond donors (Lipinski definition) is 1. The van der Waals surface area contributed by atoms with E-state index >= 15 is 0 Å². The molecule has 3 heterocycles. The number of hydrogen-bond acceptors (Lipinski definition) is 6. The summed E-state index contributed by atoms with van der Waals surface area (Å²) in [6.07, 6.45) is 3.19. The third kappa shape index (κ3) is 5.54. The van der Waals surface area contributed by atoms with Crippen LogP contribution in [0.15, 0.2) is 66.9 Å². The molecule has 0 spiro atoms. The van der Waals surface area contributed by atoms with Gasteiger partial charge >= 0.3 is 0 Å². The Bertz CT molecular complexity index is 1180. The van der Waals surface area contributed by atoms with E-state index in [-0.39, 0.29) is 23.8 Å². The van der Waals surface area contributed by atoms with Gasteiger partial charge in [-0.2, -0.15) is 5.10 Å². The lowest BCUT2D eigenvalue weighted by Crippen LogP contribution is -2.52. The summed E-state index contributed by atoms with van der Waals surface area (Å²) >= 11 is 6.01. The molecular formula is C26H26ClN5O3. The molecule has 35 heavy (non-hydrogen) atoms. The van der Waals surface area contributed by atoms with Crippen LogP contribution in [0.2, 0.25) is 5.02 Å². The van der Waals surface area contributed by atoms with Crippen molar-refractivity contribution in [2.75, 3.05) is 36.4 Å². The topological polar surface area (TPSA) is 87.7 Å². The standard InChI is InChI=1S/C26H26ClN5O3/c27-20-4-1-3-18(15-20)26(34)31-13-10-23(11-14-31)35-22-8-6-21(7-9-22)29-25(33)19-16-32(17-19)24-5-2-12-28-30-24/h1-9,12,15,19,23H,10-11,13-14,16-17H2,(H,29,33). The van der Waals surface area contributed by atoms with Crippen LogP contribution in [0.25, 0.3) is 0 Å². The molecule has 1 aromatic heterocycles. The summed E-state index contributed by atoms with van der Waals surface area (Å²) in [6.45, 7) is 2.53. The number of halogens is 1. The molecule has 9 heteroatoms. The fraction of sp³-hybridized carbons (Fsp3) is 0.308. The molecule has 8 nitrogen and oxygen atoms in total. The van der Waals surface area contributed by atoms with Crippen molar-refractivity contribution in [2.24, 2.45) is 5.92 Å². The van der Waals surface area contributed by atoms with E-state index in [9.17, 15) is 9.59 Å². The number of ether oxygens (including phenoxy) is 1. The minimum Gasteiger partial charge on any atom is -0.490 e. The quantitative estimate of drug-likeness (QED) is 0.563. The van der Waals surface area contributed by atoms with Crippen LogP contribution in [0.3, 0.4) is 0 Å². The maximum absolute atomic E-state index is 12.7. The molecular weight excluding hydrogens is 466 g/mol. The predicted molar refractivity (Wildman–Crippen MR) is 134 cm³/mol. The average Bonchev–Trinajstić information content (AvgIpc) is 2.85. The van der Waals surface area contributed by atoms with E-state index in [1.54, 1.807) is 30.5 Å². The van der Waals surface area contributed by atoms with Crippen molar-refractivity contribution in [1.82, 2.24) is 15.1 Å². The van der Waals surface area contributed by atoms with Gasteiger partial charge in [0.2, 0.25) is 5.91 Å². The number of likely N-dealkylation sites (tertiary alicyclic amines) is 1. The van der Waals surface area contributed by atoms with E-state index in [4.69, 9.17) is 16.3 Å². The Kier molecular flexibility index (Phi) is 6.81. The number of benzene rings is 2. The number of nitrogens with one attached hydrogen (secondary N) is 1. The fourth-order valence-electron chi connectivity index (χ4n) is 4.33. The number of anilines is 2. The lowest BCUT2D eigenvalue weighted by molar-refractivity contribution is -0.120. The monoisotopic (exact) mass is 491 g/mol. The Labute approximate surface area is 208 Å². The summed E-state index contributed by atoms with van der Waals surface area (Å²) in [5.74, 6) is 1.46. The summed E-state index contributed by atoms with van der Waals surface area (Å²) in [6, 6.07) is 18.2. The molecule has 2 aliphatic heterocycles. The second-order valence-electron chi connectivity index (χ2n) is 8.82. The average molecular weight is 492 g/mol. The number of carbonyl (C=O) groups excluding carboxylic acids is 2. The zero-order valence-electron chi connectivity index (χ0n) is 19.1. The van der Waals surface area contributed by atoms with Gasteiger partial charge in [0.15, 0.2) is 5.82 Å². The van der Waals surface area contributed by atoms with Crippen LogP contribution in [0.4, 0.5) is 11.5 Å². The molecule has 3 aromatic rings. The molecule has 2 aromatic carbocycles. The molecule has 0 unspecified atom stereocenters. The number of rotatable bonds is 6. The highest BCUT2D eigenvalue weighted by Gasteiger charge is 2.33. The highest BCUT2D eigenvalue weighted by molar-refractivity contribution is 6.30. The molecule has 180 valence electrons. The van der Waals surface area contributed by atoms with Crippen molar-refractivity contribution in [1.29, 1.82) is 0 Å². The van der Waals surface area contributed by atoms with Crippen LogP contribution in [0.5, 0.6) is 5.75 Å². The normalized spacial score (nSPS) is 16.5. The smallest absolute Gasteiger partial charge is 0.253 e. The molecule has 5 rings (SSSR count). The number of nitrogens with zero attached hydrogens (tertiary/aromatic N) is 4. The van der Waals surface area contributed by atoms with Crippen molar-refractivity contribution in [3.05, 3.63) is 77.4 Å². The first kappa shape index (κ1) is 23.1. The lowest BCUT2D eigenvalue weighted by Gasteiger charge is -2.38. The van der Waals surface area contributed by atoms with E-state index in [0.29, 0.717) is 36.8 Å². The third-order valence-electron chi connectivity index (χ3n) is 6.36. The zero-order valence-corrected chi connectivity index (χ0v) is 19.9. The Morgan fingerprint density at radius 3 is 2.46 bits per heavy atom. The Morgan fingerprint density at radius 1 is 1.00 bits per heavy atom. The van der Waals surface area contributed by atoms with Crippen molar-refractivity contribution in [2.45, 2.75) is 18.9 Å². The first-order chi connectivity index (χ1) is 17.0. The van der Waals surface area contributed by atoms with Gasteiger partial charge in [0.05, 0.1) is 5.92 Å². The van der Waals surface area contributed by atoms with Crippen LogP contribution in [-0.4, -0.2) is 59.2 Å². The van der Waals surface area contributed by atoms with Crippen molar-refractivity contribution < 1.29 is 14.3 Å². The van der Waals surface area contributed by atoms with E-state index in [1.807, 2.05) is 46.2 Å². The van der Waals surface area contributed by atoms with E-state index in [0.717, 1.165) is 30.1 Å². The van der Waals surface area contributed by atoms with Gasteiger partial charge in [0.1, 0.15) is 11.9 Å². The second kappa shape index (κ2) is 10.3. The van der Waals surface area contributed by atoms with E-state index in [1.165, 1.54) is 0 Å². The molecule has 2 aliphatic rings. The van der Waals surface area contributed by atoms with E-state index < -0.39 is 0 Å². The Hall–Kier alpha value is -3.65. The Morgan fingerprint density at radius 2 is 1.77 bits per heavy atom. The van der Waals surface area contributed by atoms with Crippen molar-refractivity contribution in [3.63, 3.8) is 0 Å². The molecule has 0 atom stereocenters. The van der Waals surface area contributed by atoms with Crippen molar-refractivity contribution >= 4 is 34.9 Å². The van der Waals surface area contributed by atoms with Crippen molar-refractivity contribution in [3.8, 4) is 5.75 Å². The third-order valence-corrected chi connectivity index (χ3v) is 6.60. The number of amides is 2. The fourth-order valence-corrected chi connectivity index (χ4v) is 4.52. The number of aromatic nitrogens is 2. The SMILES string of the molecule is O=C(Nc1ccc(OC2CCN(C(=O)c3cccc(Cl)c3)CC2)cc1)C1CN(c2cccnn2)C1. The number of piperidine rings is 1. The van der Waals surface area contributed by atoms with Gasteiger partial charge in [-0.1, -0.05) is 17.7 Å². The lowest BCUT2D eigenvalue weighted by atomic mass is 9.99. The Balaban J connectivity index is 1.06. The number of carbonyl (C=O) groups is 2. The maximum Gasteiger partial charge on any atom is 0.253 e. The van der Waals surface area contributed by atoms with Gasteiger partial charge in [0.25, 0.3) is 5.91 Å². The van der Waals surface area contributed by atoms with Crippen LogP contribution in [-0.2, 0) is 4.79 Å². The van der Waals surface area contributed by atoms with Gasteiger partial charge < -0.3 is 19.9 Å². The highest BCUT2D eigenvalue weighted by Crippen LogP contribution is 2.25. The van der Waals surface area contributed by atoms with Crippen LogP contribution in [0, 0.1) is 5.92 Å². The molecule has 2 fully saturated rings. The summed E-state index contributed by atoms with van der Waals surface area (Å²) < 4.78 is 6.12. The van der Waals surface area contributed by atoms with Gasteiger partial charge in [-0.15, -0.1) is 5.10 Å². The maximum atomic E-state index is 12.7. The first-order valence-electron chi connectivity index (χ1n) is 11.7. The summed E-state index contributed by atoms with van der Waals surface area (Å²) in [5, 5.41) is 11.5. The van der Waals surface area contributed by atoms with Crippen LogP contribution in [0.1, 0.15) is 23.2 Å². The minimum absolute atomic E-state index is 0.00248. The molecule has 0 bridgehead atoms. The van der Waals surface area contributed by atoms with Crippen LogP contribution < -0.4 is 15.0 Å². The van der Waals surface area contributed by atoms with Crippen LogP contribution >= 0.6 is 11.6 Å². The highest BCUT2D eigenvalue weighted by atomic mass is 35.5. The zero-order chi connectivity index (χ0) is 24.2. The molecule has 2 amide bonds.